The van der Waals surface area contributed by atoms with Crippen molar-refractivity contribution in [3.63, 3.8) is 0 Å². The highest BCUT2D eigenvalue weighted by molar-refractivity contribution is 7.92. The zero-order valence-corrected chi connectivity index (χ0v) is 15.3. The maximum atomic E-state index is 13.2. The van der Waals surface area contributed by atoms with E-state index in [0.717, 1.165) is 17.5 Å². The van der Waals surface area contributed by atoms with Crippen LogP contribution >= 0.6 is 0 Å². The molecule has 1 aliphatic rings. The van der Waals surface area contributed by atoms with Crippen LogP contribution in [0.3, 0.4) is 0 Å². The topological polar surface area (TPSA) is 55.8 Å². The van der Waals surface area contributed by atoms with Crippen LogP contribution < -0.4 is 4.31 Å². The molecule has 0 aromatic heterocycles. The number of ether oxygens (including phenoxy) is 2. The Balaban J connectivity index is 2.02. The normalized spacial score (nSPS) is 17.8. The highest BCUT2D eigenvalue weighted by atomic mass is 32.2. The predicted molar refractivity (Wildman–Crippen MR) is 97.1 cm³/mol. The van der Waals surface area contributed by atoms with Crippen LogP contribution in [-0.4, -0.2) is 28.9 Å². The van der Waals surface area contributed by atoms with E-state index >= 15 is 0 Å². The molecule has 0 unspecified atom stereocenters. The summed E-state index contributed by atoms with van der Waals surface area (Å²) >= 11 is 0. The highest BCUT2D eigenvalue weighted by Crippen LogP contribution is 2.37. The Labute approximate surface area is 149 Å². The van der Waals surface area contributed by atoms with E-state index < -0.39 is 10.0 Å². The first kappa shape index (κ1) is 17.9. The summed E-state index contributed by atoms with van der Waals surface area (Å²) in [6, 6.07) is 14.5. The molecule has 0 saturated carbocycles. The molecule has 0 spiro atoms. The lowest BCUT2D eigenvalue weighted by Gasteiger charge is -2.25. The van der Waals surface area contributed by atoms with Gasteiger partial charge in [0.2, 0.25) is 0 Å². The molecular formula is C19H23NO4S. The second-order valence-corrected chi connectivity index (χ2v) is 8.02. The summed E-state index contributed by atoms with van der Waals surface area (Å²) in [5.74, 6) is 0. The number of anilines is 1. The third kappa shape index (κ3) is 3.71. The number of methoxy groups -OCH3 is 1. The predicted octanol–water partition coefficient (Wildman–Crippen LogP) is 3.65. The average Bonchev–Trinajstić information content (AvgIpc) is 2.80. The van der Waals surface area contributed by atoms with Gasteiger partial charge in [-0.25, -0.2) is 8.42 Å². The van der Waals surface area contributed by atoms with Crippen molar-refractivity contribution in [2.24, 2.45) is 0 Å². The van der Waals surface area contributed by atoms with Gasteiger partial charge in [-0.2, -0.15) is 0 Å². The summed E-state index contributed by atoms with van der Waals surface area (Å²) in [7, 11) is -2.03. The molecule has 25 heavy (non-hydrogen) atoms. The molecule has 0 N–H and O–H groups in total. The van der Waals surface area contributed by atoms with Crippen LogP contribution in [-0.2, 0) is 19.5 Å². The number of nitrogens with zero attached hydrogens (tertiary/aromatic N) is 1. The van der Waals surface area contributed by atoms with Gasteiger partial charge >= 0.3 is 0 Å². The van der Waals surface area contributed by atoms with Crippen molar-refractivity contribution in [2.75, 3.05) is 24.8 Å². The number of hydrogen-bond acceptors (Lipinski definition) is 4. The van der Waals surface area contributed by atoms with Crippen molar-refractivity contribution in [1.29, 1.82) is 0 Å². The summed E-state index contributed by atoms with van der Waals surface area (Å²) in [5.41, 5.74) is 2.60. The molecule has 0 fully saturated rings. The van der Waals surface area contributed by atoms with Gasteiger partial charge in [0, 0.05) is 19.2 Å². The fourth-order valence-corrected chi connectivity index (χ4v) is 4.62. The lowest BCUT2D eigenvalue weighted by molar-refractivity contribution is -0.0753. The summed E-state index contributed by atoms with van der Waals surface area (Å²) in [6.45, 7) is 2.55. The fraction of sp³-hybridized carbons (Fsp3) is 0.368. The number of sulfonamides is 1. The van der Waals surface area contributed by atoms with Crippen LogP contribution in [0.4, 0.5) is 5.69 Å². The van der Waals surface area contributed by atoms with Gasteiger partial charge in [0.1, 0.15) is 6.79 Å². The number of para-hydroxylation sites is 1. The Morgan fingerprint density at radius 1 is 1.12 bits per heavy atom. The van der Waals surface area contributed by atoms with Crippen molar-refractivity contribution < 1.29 is 17.9 Å². The molecule has 0 amide bonds. The lowest BCUT2D eigenvalue weighted by Crippen LogP contribution is -2.31. The minimum absolute atomic E-state index is 0.172. The van der Waals surface area contributed by atoms with E-state index in [2.05, 4.69) is 0 Å². The molecule has 6 heteroatoms. The van der Waals surface area contributed by atoms with Crippen LogP contribution in [0, 0.1) is 6.92 Å². The first-order valence-electron chi connectivity index (χ1n) is 8.33. The third-order valence-corrected chi connectivity index (χ3v) is 6.20. The molecule has 2 aromatic carbocycles. The van der Waals surface area contributed by atoms with E-state index in [9.17, 15) is 8.42 Å². The fourth-order valence-electron chi connectivity index (χ4n) is 3.09. The molecule has 5 nitrogen and oxygen atoms in total. The molecule has 0 bridgehead atoms. The monoisotopic (exact) mass is 361 g/mol. The van der Waals surface area contributed by atoms with Crippen molar-refractivity contribution >= 4 is 15.7 Å². The minimum atomic E-state index is -3.61. The van der Waals surface area contributed by atoms with Gasteiger partial charge in [0.15, 0.2) is 0 Å². The zero-order chi connectivity index (χ0) is 17.9. The third-order valence-electron chi connectivity index (χ3n) is 4.38. The number of benzene rings is 2. The van der Waals surface area contributed by atoms with E-state index in [1.165, 1.54) is 4.31 Å². The van der Waals surface area contributed by atoms with Crippen LogP contribution in [0.25, 0.3) is 0 Å². The smallest absolute Gasteiger partial charge is 0.264 e. The maximum Gasteiger partial charge on any atom is 0.264 e. The number of rotatable bonds is 5. The molecule has 0 radical (unpaired) electrons. The molecule has 1 atom stereocenters. The molecule has 1 aliphatic heterocycles. The largest absolute Gasteiger partial charge is 0.359 e. The standard InChI is InChI=1S/C19H23NO4S/c1-15-9-11-16(12-10-15)25(21,22)20-13-5-8-19(24-14-23-2)17-6-3-4-7-18(17)20/h3-4,6-7,9-12,19H,5,8,13-14H2,1-2H3/t19-/m1/s1. The first-order chi connectivity index (χ1) is 12.0. The number of hydrogen-bond donors (Lipinski definition) is 0. The van der Waals surface area contributed by atoms with Crippen LogP contribution in [0.15, 0.2) is 53.4 Å². The van der Waals surface area contributed by atoms with E-state index in [4.69, 9.17) is 9.47 Å². The van der Waals surface area contributed by atoms with Crippen molar-refractivity contribution in [1.82, 2.24) is 0 Å². The molecule has 2 aromatic rings. The molecule has 1 heterocycles. The van der Waals surface area contributed by atoms with Gasteiger partial charge in [-0.15, -0.1) is 0 Å². The molecule has 0 saturated heterocycles. The van der Waals surface area contributed by atoms with Crippen molar-refractivity contribution in [3.8, 4) is 0 Å². The lowest BCUT2D eigenvalue weighted by atomic mass is 10.0. The van der Waals surface area contributed by atoms with E-state index in [-0.39, 0.29) is 12.9 Å². The molecule has 3 rings (SSSR count). The van der Waals surface area contributed by atoms with E-state index in [1.807, 2.05) is 43.3 Å². The Hall–Kier alpha value is -1.89. The van der Waals surface area contributed by atoms with Crippen molar-refractivity contribution in [2.45, 2.75) is 30.8 Å². The van der Waals surface area contributed by atoms with Gasteiger partial charge < -0.3 is 9.47 Å². The Kier molecular flexibility index (Phi) is 5.42. The minimum Gasteiger partial charge on any atom is -0.359 e. The second kappa shape index (κ2) is 7.56. The molecule has 0 aliphatic carbocycles. The number of aryl methyl sites for hydroxylation is 1. The number of fused-ring (bicyclic) bond motifs is 1. The molecular weight excluding hydrogens is 338 g/mol. The van der Waals surface area contributed by atoms with Crippen LogP contribution in [0.5, 0.6) is 0 Å². The van der Waals surface area contributed by atoms with E-state index in [1.54, 1.807) is 19.2 Å². The van der Waals surface area contributed by atoms with Gasteiger partial charge in [0.05, 0.1) is 16.7 Å². The summed E-state index contributed by atoms with van der Waals surface area (Å²) < 4.78 is 38.7. The quantitative estimate of drug-likeness (QED) is 0.763. The Bertz CT molecular complexity index is 818. The maximum absolute atomic E-state index is 13.2. The van der Waals surface area contributed by atoms with Gasteiger partial charge in [0.25, 0.3) is 10.0 Å². The average molecular weight is 361 g/mol. The first-order valence-corrected chi connectivity index (χ1v) is 9.77. The van der Waals surface area contributed by atoms with Crippen molar-refractivity contribution in [3.05, 3.63) is 59.7 Å². The van der Waals surface area contributed by atoms with Gasteiger partial charge in [-0.1, -0.05) is 35.9 Å². The van der Waals surface area contributed by atoms with Gasteiger partial charge in [-0.3, -0.25) is 4.31 Å². The van der Waals surface area contributed by atoms with Crippen LogP contribution in [0.2, 0.25) is 0 Å². The zero-order valence-electron chi connectivity index (χ0n) is 14.5. The summed E-state index contributed by atoms with van der Waals surface area (Å²) in [4.78, 5) is 0.309. The Morgan fingerprint density at radius 3 is 2.56 bits per heavy atom. The molecule has 134 valence electrons. The summed E-state index contributed by atoms with van der Waals surface area (Å²) in [6.07, 6.45) is 1.29. The van der Waals surface area contributed by atoms with Crippen LogP contribution in [0.1, 0.15) is 30.1 Å². The highest BCUT2D eigenvalue weighted by Gasteiger charge is 2.31. The van der Waals surface area contributed by atoms with E-state index in [0.29, 0.717) is 23.5 Å². The summed E-state index contributed by atoms with van der Waals surface area (Å²) in [5, 5.41) is 0. The second-order valence-electron chi connectivity index (χ2n) is 6.15. The Morgan fingerprint density at radius 2 is 1.84 bits per heavy atom. The van der Waals surface area contributed by atoms with Gasteiger partial charge in [-0.05, 0) is 38.0 Å². The SMILES string of the molecule is COCO[C@@H]1CCCN(S(=O)(=O)c2ccc(C)cc2)c2ccccc21.